The summed E-state index contributed by atoms with van der Waals surface area (Å²) in [5.41, 5.74) is 6.56. The summed E-state index contributed by atoms with van der Waals surface area (Å²) in [5, 5.41) is 20.1. The molecule has 0 amide bonds. The molecule has 0 aliphatic heterocycles. The van der Waals surface area contributed by atoms with Crippen LogP contribution in [0, 0.1) is 0 Å². The number of aliphatic hydroxyl groups is 2. The Labute approximate surface area is 183 Å². The summed E-state index contributed by atoms with van der Waals surface area (Å²) in [6, 6.07) is 17.4. The summed E-state index contributed by atoms with van der Waals surface area (Å²) in [5.74, 6) is 1.08. The lowest BCUT2D eigenvalue weighted by Crippen LogP contribution is -2.47. The molecule has 7 heteroatoms. The van der Waals surface area contributed by atoms with Crippen molar-refractivity contribution in [3.05, 3.63) is 81.5 Å². The smallest absolute Gasteiger partial charge is 0.200 e. The van der Waals surface area contributed by atoms with E-state index in [1.165, 1.54) is 0 Å². The van der Waals surface area contributed by atoms with Gasteiger partial charge in [0.05, 0.1) is 29.5 Å². The number of aliphatic hydroxyl groups excluding tert-OH is 2. The number of ether oxygens (including phenoxy) is 1. The van der Waals surface area contributed by atoms with Crippen molar-refractivity contribution >= 4 is 33.5 Å². The number of hydrogen-bond acceptors (Lipinski definition) is 6. The van der Waals surface area contributed by atoms with Crippen LogP contribution >= 0.6 is 11.6 Å². The zero-order valence-corrected chi connectivity index (χ0v) is 17.4. The molecule has 0 aliphatic rings. The molecule has 160 valence electrons. The minimum absolute atomic E-state index is 0.154. The average Bonchev–Trinajstić information content (AvgIpc) is 2.78. The topological polar surface area (TPSA) is 106 Å². The van der Waals surface area contributed by atoms with E-state index in [1.807, 2.05) is 6.07 Å². The molecule has 0 bridgehead atoms. The molecule has 0 saturated carbocycles. The van der Waals surface area contributed by atoms with E-state index >= 15 is 0 Å². The third-order valence-corrected chi connectivity index (χ3v) is 5.51. The monoisotopic (exact) mass is 439 g/mol. The number of rotatable bonds is 7. The molecule has 1 aromatic heterocycles. The van der Waals surface area contributed by atoms with Gasteiger partial charge in [0.2, 0.25) is 5.43 Å². The molecule has 0 unspecified atom stereocenters. The van der Waals surface area contributed by atoms with E-state index in [2.05, 4.69) is 0 Å². The van der Waals surface area contributed by atoms with Gasteiger partial charge in [0.15, 0.2) is 0 Å². The van der Waals surface area contributed by atoms with Crippen LogP contribution in [0.25, 0.3) is 21.9 Å². The highest BCUT2D eigenvalue weighted by Crippen LogP contribution is 2.28. The maximum Gasteiger partial charge on any atom is 0.200 e. The molecule has 4 rings (SSSR count). The lowest BCUT2D eigenvalue weighted by Gasteiger charge is -2.24. The van der Waals surface area contributed by atoms with Crippen molar-refractivity contribution in [3.63, 3.8) is 0 Å². The predicted octanol–water partition coefficient (Wildman–Crippen LogP) is 4.01. The maximum absolute atomic E-state index is 13.0. The zero-order chi connectivity index (χ0) is 22.0. The fraction of sp³-hybridized carbons (Fsp3) is 0.208. The summed E-state index contributed by atoms with van der Waals surface area (Å²) in [4.78, 5) is 13.0. The third-order valence-electron chi connectivity index (χ3n) is 5.28. The van der Waals surface area contributed by atoms with Crippen molar-refractivity contribution < 1.29 is 19.4 Å². The minimum atomic E-state index is -1.04. The van der Waals surface area contributed by atoms with Crippen molar-refractivity contribution in [1.82, 2.24) is 0 Å². The van der Waals surface area contributed by atoms with Gasteiger partial charge in [0.25, 0.3) is 0 Å². The van der Waals surface area contributed by atoms with Gasteiger partial charge in [-0.3, -0.25) is 4.79 Å². The molecule has 4 aromatic rings. The lowest BCUT2D eigenvalue weighted by molar-refractivity contribution is 0.115. The normalized spacial score (nSPS) is 11.9. The molecule has 6 nitrogen and oxygen atoms in total. The number of aryl methyl sites for hydroxylation is 1. The number of halogens is 1. The Morgan fingerprint density at radius 2 is 1.71 bits per heavy atom. The van der Waals surface area contributed by atoms with Gasteiger partial charge in [0, 0.05) is 5.02 Å². The van der Waals surface area contributed by atoms with Crippen molar-refractivity contribution in [3.8, 4) is 11.5 Å². The number of benzene rings is 3. The van der Waals surface area contributed by atoms with Gasteiger partial charge in [0.1, 0.15) is 22.7 Å². The van der Waals surface area contributed by atoms with Gasteiger partial charge in [-0.15, -0.1) is 0 Å². The van der Waals surface area contributed by atoms with Gasteiger partial charge >= 0.3 is 0 Å². The standard InChI is InChI=1S/C24H22ClNO5/c25-16-2-1-3-17(11-16)30-18-5-7-21-20(12-18)23(29)19-6-4-15(10-22(19)31-21)8-9-24(26,13-27)14-28/h1-7,10-12,27-28H,8-9,13-14,26H2. The largest absolute Gasteiger partial charge is 0.457 e. The molecule has 1 heterocycles. The summed E-state index contributed by atoms with van der Waals surface area (Å²) >= 11 is 6.00. The van der Waals surface area contributed by atoms with Crippen LogP contribution in [0.1, 0.15) is 12.0 Å². The third kappa shape index (κ3) is 4.57. The summed E-state index contributed by atoms with van der Waals surface area (Å²) in [7, 11) is 0. The Hall–Kier alpha value is -2.90. The van der Waals surface area contributed by atoms with Crippen LogP contribution < -0.4 is 15.9 Å². The highest BCUT2D eigenvalue weighted by Gasteiger charge is 2.22. The highest BCUT2D eigenvalue weighted by molar-refractivity contribution is 6.30. The zero-order valence-electron chi connectivity index (χ0n) is 16.7. The van der Waals surface area contributed by atoms with Crippen LogP contribution in [0.3, 0.4) is 0 Å². The van der Waals surface area contributed by atoms with Crippen LogP contribution in [0.2, 0.25) is 5.02 Å². The van der Waals surface area contributed by atoms with E-state index in [4.69, 9.17) is 26.5 Å². The van der Waals surface area contributed by atoms with Crippen LogP contribution in [-0.2, 0) is 6.42 Å². The van der Waals surface area contributed by atoms with Crippen molar-refractivity contribution in [2.75, 3.05) is 13.2 Å². The molecule has 0 aliphatic carbocycles. The lowest BCUT2D eigenvalue weighted by atomic mass is 9.93. The highest BCUT2D eigenvalue weighted by atomic mass is 35.5. The van der Waals surface area contributed by atoms with Crippen molar-refractivity contribution in [2.45, 2.75) is 18.4 Å². The second-order valence-corrected chi connectivity index (χ2v) is 8.09. The second-order valence-electron chi connectivity index (χ2n) is 7.66. The van der Waals surface area contributed by atoms with Gasteiger partial charge in [-0.25, -0.2) is 0 Å². The Balaban J connectivity index is 1.66. The van der Waals surface area contributed by atoms with E-state index in [1.54, 1.807) is 54.6 Å². The molecule has 0 saturated heterocycles. The molecule has 0 fully saturated rings. The van der Waals surface area contributed by atoms with E-state index in [-0.39, 0.29) is 18.6 Å². The van der Waals surface area contributed by atoms with Crippen LogP contribution in [0.5, 0.6) is 11.5 Å². The van der Waals surface area contributed by atoms with Crippen molar-refractivity contribution in [2.24, 2.45) is 5.73 Å². The molecule has 0 spiro atoms. The first-order valence-corrected chi connectivity index (χ1v) is 10.2. The van der Waals surface area contributed by atoms with E-state index in [9.17, 15) is 15.0 Å². The quantitative estimate of drug-likeness (QED) is 0.376. The Kier molecular flexibility index (Phi) is 5.98. The number of fused-ring (bicyclic) bond motifs is 2. The second kappa shape index (κ2) is 8.69. The Morgan fingerprint density at radius 3 is 2.45 bits per heavy atom. The molecule has 0 radical (unpaired) electrons. The summed E-state index contributed by atoms with van der Waals surface area (Å²) in [6.45, 7) is -0.618. The SMILES string of the molecule is NC(CO)(CO)CCc1ccc2c(=O)c3cc(Oc4cccc(Cl)c4)ccc3oc2c1. The first-order chi connectivity index (χ1) is 14.9. The van der Waals surface area contributed by atoms with Gasteiger partial charge in [-0.1, -0.05) is 23.7 Å². The van der Waals surface area contributed by atoms with Gasteiger partial charge < -0.3 is 25.1 Å². The van der Waals surface area contributed by atoms with Crippen LogP contribution in [0.4, 0.5) is 0 Å². The van der Waals surface area contributed by atoms with Crippen molar-refractivity contribution in [1.29, 1.82) is 0 Å². The molecule has 4 N–H and O–H groups in total. The predicted molar refractivity (Wildman–Crippen MR) is 121 cm³/mol. The van der Waals surface area contributed by atoms with Crippen LogP contribution in [0.15, 0.2) is 69.9 Å². The maximum atomic E-state index is 13.0. The van der Waals surface area contributed by atoms with Gasteiger partial charge in [-0.2, -0.15) is 0 Å². The fourth-order valence-electron chi connectivity index (χ4n) is 3.36. The molecule has 0 atom stereocenters. The first-order valence-electron chi connectivity index (χ1n) is 9.84. The van der Waals surface area contributed by atoms with E-state index in [0.29, 0.717) is 51.3 Å². The Bertz CT molecular complexity index is 1300. The first kappa shape index (κ1) is 21.3. The number of hydrogen-bond donors (Lipinski definition) is 3. The number of nitrogens with two attached hydrogens (primary N) is 1. The minimum Gasteiger partial charge on any atom is -0.457 e. The Morgan fingerprint density at radius 1 is 0.935 bits per heavy atom. The van der Waals surface area contributed by atoms with Crippen LogP contribution in [-0.4, -0.2) is 29.0 Å². The summed E-state index contributed by atoms with van der Waals surface area (Å²) in [6.07, 6.45) is 0.926. The molecular weight excluding hydrogens is 418 g/mol. The summed E-state index contributed by atoms with van der Waals surface area (Å²) < 4.78 is 11.8. The fourth-order valence-corrected chi connectivity index (χ4v) is 3.55. The van der Waals surface area contributed by atoms with E-state index < -0.39 is 5.54 Å². The molecular formula is C24H22ClNO5. The molecule has 3 aromatic carbocycles. The van der Waals surface area contributed by atoms with E-state index in [0.717, 1.165) is 5.56 Å². The molecule has 31 heavy (non-hydrogen) atoms. The van der Waals surface area contributed by atoms with Gasteiger partial charge in [-0.05, 0) is 66.9 Å². The average molecular weight is 440 g/mol.